The van der Waals surface area contributed by atoms with Gasteiger partial charge in [-0.15, -0.1) is 0 Å². The molecular formula is C21H26N2O2. The van der Waals surface area contributed by atoms with Crippen molar-refractivity contribution < 1.29 is 9.59 Å². The average Bonchev–Trinajstić information content (AvgIpc) is 2.66. The molecule has 0 unspecified atom stereocenters. The van der Waals surface area contributed by atoms with Crippen LogP contribution in [0.15, 0.2) is 60.7 Å². The maximum atomic E-state index is 11.8. The Morgan fingerprint density at radius 1 is 0.840 bits per heavy atom. The van der Waals surface area contributed by atoms with Crippen LogP contribution in [0.1, 0.15) is 36.8 Å². The van der Waals surface area contributed by atoms with Gasteiger partial charge in [-0.25, -0.2) is 0 Å². The molecule has 0 heterocycles. The van der Waals surface area contributed by atoms with E-state index in [1.54, 1.807) is 0 Å². The van der Waals surface area contributed by atoms with Crippen LogP contribution in [0, 0.1) is 0 Å². The fourth-order valence-corrected chi connectivity index (χ4v) is 2.61. The summed E-state index contributed by atoms with van der Waals surface area (Å²) in [6.45, 7) is 2.99. The molecule has 0 spiro atoms. The monoisotopic (exact) mass is 338 g/mol. The van der Waals surface area contributed by atoms with Crippen molar-refractivity contribution in [2.75, 3.05) is 13.1 Å². The Labute approximate surface area is 149 Å². The third-order valence-corrected chi connectivity index (χ3v) is 4.16. The molecule has 0 bridgehead atoms. The van der Waals surface area contributed by atoms with Crippen LogP contribution in [0.3, 0.4) is 0 Å². The number of rotatable bonds is 8. The Balaban J connectivity index is 1.59. The van der Waals surface area contributed by atoms with Crippen molar-refractivity contribution in [3.8, 4) is 0 Å². The standard InChI is InChI=1S/C21H26N2O2/c1-17(19-13-6-3-7-14-19)16-23-21(25)20(24)22-15-9-8-12-18-10-4-2-5-11-18/h2-7,10-11,13-14,17H,8-9,12,15-16H2,1H3,(H,22,24)(H,23,25)/t17-/m1/s1. The van der Waals surface area contributed by atoms with Gasteiger partial charge in [0.05, 0.1) is 0 Å². The van der Waals surface area contributed by atoms with Gasteiger partial charge >= 0.3 is 11.8 Å². The molecule has 0 aliphatic heterocycles. The minimum Gasteiger partial charge on any atom is -0.348 e. The van der Waals surface area contributed by atoms with E-state index in [4.69, 9.17) is 0 Å². The Bertz CT molecular complexity index is 656. The maximum absolute atomic E-state index is 11.8. The second kappa shape index (κ2) is 10.3. The number of hydrogen-bond acceptors (Lipinski definition) is 2. The van der Waals surface area contributed by atoms with Crippen molar-refractivity contribution in [2.45, 2.75) is 32.1 Å². The van der Waals surface area contributed by atoms with E-state index in [0.29, 0.717) is 13.1 Å². The lowest BCUT2D eigenvalue weighted by molar-refractivity contribution is -0.139. The first-order valence-corrected chi connectivity index (χ1v) is 8.81. The highest BCUT2D eigenvalue weighted by Crippen LogP contribution is 2.12. The Morgan fingerprint density at radius 2 is 1.44 bits per heavy atom. The van der Waals surface area contributed by atoms with Gasteiger partial charge in [0, 0.05) is 13.1 Å². The zero-order chi connectivity index (χ0) is 17.9. The summed E-state index contributed by atoms with van der Waals surface area (Å²) in [7, 11) is 0. The van der Waals surface area contributed by atoms with Gasteiger partial charge in [0.25, 0.3) is 0 Å². The SMILES string of the molecule is C[C@H](CNC(=O)C(=O)NCCCCc1ccccc1)c1ccccc1. The van der Waals surface area contributed by atoms with Gasteiger partial charge < -0.3 is 10.6 Å². The van der Waals surface area contributed by atoms with E-state index in [9.17, 15) is 9.59 Å². The lowest BCUT2D eigenvalue weighted by atomic mass is 10.0. The van der Waals surface area contributed by atoms with E-state index in [0.717, 1.165) is 24.8 Å². The summed E-state index contributed by atoms with van der Waals surface area (Å²) in [5.41, 5.74) is 2.44. The summed E-state index contributed by atoms with van der Waals surface area (Å²) in [6, 6.07) is 20.2. The molecule has 132 valence electrons. The number of amides is 2. The van der Waals surface area contributed by atoms with E-state index < -0.39 is 11.8 Å². The molecule has 25 heavy (non-hydrogen) atoms. The Morgan fingerprint density at radius 3 is 2.12 bits per heavy atom. The molecule has 0 aliphatic rings. The molecule has 0 aliphatic carbocycles. The van der Waals surface area contributed by atoms with E-state index in [-0.39, 0.29) is 5.92 Å². The zero-order valence-corrected chi connectivity index (χ0v) is 14.7. The molecule has 2 N–H and O–H groups in total. The Kier molecular flexibility index (Phi) is 7.70. The van der Waals surface area contributed by atoms with Gasteiger partial charge in [0.1, 0.15) is 0 Å². The van der Waals surface area contributed by atoms with E-state index >= 15 is 0 Å². The van der Waals surface area contributed by atoms with Crippen LogP contribution >= 0.6 is 0 Å². The van der Waals surface area contributed by atoms with Gasteiger partial charge in [-0.1, -0.05) is 67.6 Å². The third kappa shape index (κ3) is 6.79. The molecule has 2 amide bonds. The fourth-order valence-electron chi connectivity index (χ4n) is 2.61. The minimum atomic E-state index is -0.564. The summed E-state index contributed by atoms with van der Waals surface area (Å²) < 4.78 is 0. The minimum absolute atomic E-state index is 0.170. The fraction of sp³-hybridized carbons (Fsp3) is 0.333. The summed E-state index contributed by atoms with van der Waals surface area (Å²) in [4.78, 5) is 23.6. The van der Waals surface area contributed by atoms with Gasteiger partial charge in [0.2, 0.25) is 0 Å². The lowest BCUT2D eigenvalue weighted by Gasteiger charge is -2.13. The molecule has 2 aromatic rings. The van der Waals surface area contributed by atoms with Crippen LogP contribution in [0.5, 0.6) is 0 Å². The van der Waals surface area contributed by atoms with Crippen LogP contribution in [0.25, 0.3) is 0 Å². The maximum Gasteiger partial charge on any atom is 0.309 e. The number of nitrogens with one attached hydrogen (secondary N) is 2. The number of benzene rings is 2. The topological polar surface area (TPSA) is 58.2 Å². The van der Waals surface area contributed by atoms with Crippen molar-refractivity contribution in [2.24, 2.45) is 0 Å². The average molecular weight is 338 g/mol. The predicted molar refractivity (Wildman–Crippen MR) is 100 cm³/mol. The molecule has 2 rings (SSSR count). The zero-order valence-electron chi connectivity index (χ0n) is 14.7. The highest BCUT2D eigenvalue weighted by atomic mass is 16.2. The first-order valence-electron chi connectivity index (χ1n) is 8.81. The smallest absolute Gasteiger partial charge is 0.309 e. The van der Waals surface area contributed by atoms with Crippen LogP contribution in [-0.4, -0.2) is 24.9 Å². The second-order valence-corrected chi connectivity index (χ2v) is 6.22. The second-order valence-electron chi connectivity index (χ2n) is 6.22. The van der Waals surface area contributed by atoms with Crippen LogP contribution < -0.4 is 10.6 Å². The molecular weight excluding hydrogens is 312 g/mol. The predicted octanol–water partition coefficient (Wildman–Crippen LogP) is 3.05. The van der Waals surface area contributed by atoms with Crippen molar-refractivity contribution in [1.29, 1.82) is 0 Å². The van der Waals surface area contributed by atoms with Gasteiger partial charge in [0.15, 0.2) is 0 Å². The molecule has 4 nitrogen and oxygen atoms in total. The van der Waals surface area contributed by atoms with Crippen molar-refractivity contribution in [1.82, 2.24) is 10.6 Å². The molecule has 0 radical (unpaired) electrons. The molecule has 2 aromatic carbocycles. The molecule has 4 heteroatoms. The molecule has 0 saturated carbocycles. The summed E-state index contributed by atoms with van der Waals surface area (Å²) >= 11 is 0. The largest absolute Gasteiger partial charge is 0.348 e. The van der Waals surface area contributed by atoms with Crippen LogP contribution in [-0.2, 0) is 16.0 Å². The number of carbonyl (C=O) groups is 2. The molecule has 0 fully saturated rings. The molecule has 0 aromatic heterocycles. The summed E-state index contributed by atoms with van der Waals surface area (Å²) in [5, 5.41) is 5.38. The van der Waals surface area contributed by atoms with E-state index in [1.807, 2.05) is 55.5 Å². The van der Waals surface area contributed by atoms with Crippen molar-refractivity contribution >= 4 is 11.8 Å². The van der Waals surface area contributed by atoms with Crippen LogP contribution in [0.2, 0.25) is 0 Å². The van der Waals surface area contributed by atoms with Gasteiger partial charge in [-0.3, -0.25) is 9.59 Å². The van der Waals surface area contributed by atoms with Crippen molar-refractivity contribution in [3.63, 3.8) is 0 Å². The Hall–Kier alpha value is -2.62. The number of hydrogen-bond donors (Lipinski definition) is 2. The number of carbonyl (C=O) groups excluding carboxylic acids is 2. The number of unbranched alkanes of at least 4 members (excludes halogenated alkanes) is 1. The highest BCUT2D eigenvalue weighted by Gasteiger charge is 2.14. The van der Waals surface area contributed by atoms with Crippen molar-refractivity contribution in [3.05, 3.63) is 71.8 Å². The highest BCUT2D eigenvalue weighted by molar-refractivity contribution is 6.35. The quantitative estimate of drug-likeness (QED) is 0.574. The normalized spacial score (nSPS) is 11.6. The summed E-state index contributed by atoms with van der Waals surface area (Å²) in [5.74, 6) is -0.949. The van der Waals surface area contributed by atoms with Gasteiger partial charge in [-0.05, 0) is 36.3 Å². The lowest BCUT2D eigenvalue weighted by Crippen LogP contribution is -2.41. The first-order chi connectivity index (χ1) is 12.2. The van der Waals surface area contributed by atoms with Crippen LogP contribution in [0.4, 0.5) is 0 Å². The summed E-state index contributed by atoms with van der Waals surface area (Å²) in [6.07, 6.45) is 2.82. The molecule has 0 saturated heterocycles. The van der Waals surface area contributed by atoms with E-state index in [2.05, 4.69) is 22.8 Å². The van der Waals surface area contributed by atoms with E-state index in [1.165, 1.54) is 5.56 Å². The van der Waals surface area contributed by atoms with Gasteiger partial charge in [-0.2, -0.15) is 0 Å². The first kappa shape index (κ1) is 18.7. The third-order valence-electron chi connectivity index (χ3n) is 4.16. The number of aryl methyl sites for hydroxylation is 1. The molecule has 1 atom stereocenters.